The second-order valence-corrected chi connectivity index (χ2v) is 5.91. The zero-order chi connectivity index (χ0) is 20.4. The van der Waals surface area contributed by atoms with Crippen LogP contribution in [0.25, 0.3) is 34.2 Å². The van der Waals surface area contributed by atoms with Crippen LogP contribution in [-0.2, 0) is 0 Å². The topological polar surface area (TPSA) is 143 Å². The van der Waals surface area contributed by atoms with Crippen molar-refractivity contribution in [2.75, 3.05) is 12.8 Å². The van der Waals surface area contributed by atoms with Gasteiger partial charge in [-0.05, 0) is 0 Å². The highest BCUT2D eigenvalue weighted by atomic mass is 16.6. The van der Waals surface area contributed by atoms with Gasteiger partial charge < -0.3 is 15.0 Å². The Bertz CT molecular complexity index is 1190. The molecule has 144 valence electrons. The van der Waals surface area contributed by atoms with Gasteiger partial charge in [0, 0.05) is 23.3 Å². The van der Waals surface area contributed by atoms with E-state index in [0.717, 1.165) is 5.56 Å². The molecule has 0 aliphatic heterocycles. The molecule has 4 rings (SSSR count). The molecule has 0 unspecified atom stereocenters. The summed E-state index contributed by atoms with van der Waals surface area (Å²) < 4.78 is 10.7. The predicted octanol–water partition coefficient (Wildman–Crippen LogP) is 3.36. The summed E-state index contributed by atoms with van der Waals surface area (Å²) in [5, 5.41) is 14.9. The zero-order valence-electron chi connectivity index (χ0n) is 15.1. The van der Waals surface area contributed by atoms with Crippen molar-refractivity contribution in [3.63, 3.8) is 0 Å². The third kappa shape index (κ3) is 3.46. The molecule has 10 nitrogen and oxygen atoms in total. The molecule has 0 aliphatic rings. The summed E-state index contributed by atoms with van der Waals surface area (Å²) in [7, 11) is 1.44. The van der Waals surface area contributed by atoms with Gasteiger partial charge in [-0.1, -0.05) is 47.6 Å². The van der Waals surface area contributed by atoms with Crippen molar-refractivity contribution in [2.45, 2.75) is 0 Å². The molecule has 0 fully saturated rings. The quantitative estimate of drug-likeness (QED) is 0.400. The highest BCUT2D eigenvalue weighted by molar-refractivity contribution is 5.76. The molecule has 0 aliphatic carbocycles. The Morgan fingerprint density at radius 2 is 1.76 bits per heavy atom. The van der Waals surface area contributed by atoms with Crippen molar-refractivity contribution in [1.29, 1.82) is 0 Å². The molecule has 2 heterocycles. The summed E-state index contributed by atoms with van der Waals surface area (Å²) in [6, 6.07) is 15.2. The van der Waals surface area contributed by atoms with Gasteiger partial charge in [-0.2, -0.15) is 9.97 Å². The molecule has 0 saturated carbocycles. The van der Waals surface area contributed by atoms with Crippen molar-refractivity contribution >= 4 is 11.5 Å². The fraction of sp³-hybridized carbons (Fsp3) is 0.0526. The molecule has 2 N–H and O–H groups in total. The number of nitro benzene ring substituents is 1. The van der Waals surface area contributed by atoms with E-state index in [2.05, 4.69) is 20.1 Å². The Kier molecular flexibility index (Phi) is 4.57. The number of aromatic nitrogens is 4. The number of nitrogen functional groups attached to an aromatic ring is 1. The van der Waals surface area contributed by atoms with Gasteiger partial charge in [-0.25, -0.2) is 4.98 Å². The summed E-state index contributed by atoms with van der Waals surface area (Å²) in [5.41, 5.74) is 7.49. The first-order valence-electron chi connectivity index (χ1n) is 8.42. The molecule has 0 bridgehead atoms. The highest BCUT2D eigenvalue weighted by Gasteiger charge is 2.22. The lowest BCUT2D eigenvalue weighted by molar-refractivity contribution is -0.384. The maximum absolute atomic E-state index is 11.0. The highest BCUT2D eigenvalue weighted by Crippen LogP contribution is 2.35. The summed E-state index contributed by atoms with van der Waals surface area (Å²) in [4.78, 5) is 23.5. The van der Waals surface area contributed by atoms with Crippen molar-refractivity contribution < 1.29 is 14.2 Å². The van der Waals surface area contributed by atoms with Gasteiger partial charge in [0.2, 0.25) is 11.7 Å². The van der Waals surface area contributed by atoms with E-state index < -0.39 is 4.92 Å². The number of benzene rings is 2. The first-order valence-corrected chi connectivity index (χ1v) is 8.42. The number of nitrogens with zero attached hydrogens (tertiary/aromatic N) is 5. The van der Waals surface area contributed by atoms with Crippen LogP contribution < -0.4 is 10.5 Å². The number of anilines is 1. The molecular weight excluding hydrogens is 376 g/mol. The lowest BCUT2D eigenvalue weighted by atomic mass is 10.2. The molecule has 4 aromatic rings. The Morgan fingerprint density at radius 3 is 2.48 bits per heavy atom. The van der Waals surface area contributed by atoms with E-state index in [1.54, 1.807) is 6.07 Å². The minimum absolute atomic E-state index is 0.0421. The first-order chi connectivity index (χ1) is 14.1. The number of hydrogen-bond acceptors (Lipinski definition) is 9. The Balaban J connectivity index is 1.76. The molecule has 10 heteroatoms. The van der Waals surface area contributed by atoms with E-state index in [1.807, 2.05) is 30.3 Å². The van der Waals surface area contributed by atoms with E-state index in [0.29, 0.717) is 11.4 Å². The second kappa shape index (κ2) is 7.35. The number of methoxy groups -OCH3 is 1. The third-order valence-corrected chi connectivity index (χ3v) is 4.08. The third-order valence-electron chi connectivity index (χ3n) is 4.08. The number of rotatable bonds is 5. The van der Waals surface area contributed by atoms with Crippen LogP contribution in [-0.4, -0.2) is 32.1 Å². The lowest BCUT2D eigenvalue weighted by Crippen LogP contribution is -2.03. The summed E-state index contributed by atoms with van der Waals surface area (Å²) in [6.07, 6.45) is 0. The monoisotopic (exact) mass is 390 g/mol. The number of nitro groups is 1. The molecular formula is C19H14N6O4. The summed E-state index contributed by atoms with van der Waals surface area (Å²) in [5.74, 6) is 0.871. The number of hydrogen-bond donors (Lipinski definition) is 1. The molecule has 0 spiro atoms. The summed E-state index contributed by atoms with van der Waals surface area (Å²) in [6.45, 7) is 0. The fourth-order valence-corrected chi connectivity index (χ4v) is 2.72. The second-order valence-electron chi connectivity index (χ2n) is 5.91. The van der Waals surface area contributed by atoms with E-state index in [9.17, 15) is 10.1 Å². The van der Waals surface area contributed by atoms with Crippen LogP contribution in [0, 0.1) is 10.1 Å². The molecule has 29 heavy (non-hydrogen) atoms. The maximum atomic E-state index is 11.0. The van der Waals surface area contributed by atoms with Crippen LogP contribution >= 0.6 is 0 Å². The molecule has 2 aromatic heterocycles. The Hall–Kier alpha value is -4.34. The lowest BCUT2D eigenvalue weighted by Gasteiger charge is -2.09. The normalized spacial score (nSPS) is 10.7. The largest absolute Gasteiger partial charge is 0.480 e. The molecule has 0 atom stereocenters. The molecule has 0 saturated heterocycles. The number of nitrogens with two attached hydrogens (primary N) is 1. The minimum Gasteiger partial charge on any atom is -0.480 e. The number of ether oxygens (including phenoxy) is 1. The predicted molar refractivity (Wildman–Crippen MR) is 104 cm³/mol. The van der Waals surface area contributed by atoms with E-state index in [-0.39, 0.29) is 34.7 Å². The average molecular weight is 390 g/mol. The van der Waals surface area contributed by atoms with Gasteiger partial charge in [-0.3, -0.25) is 10.1 Å². The Morgan fingerprint density at radius 1 is 1.00 bits per heavy atom. The van der Waals surface area contributed by atoms with E-state index >= 15 is 0 Å². The van der Waals surface area contributed by atoms with Gasteiger partial charge >= 0.3 is 0 Å². The van der Waals surface area contributed by atoms with Gasteiger partial charge in [-0.15, -0.1) is 0 Å². The van der Waals surface area contributed by atoms with Crippen LogP contribution in [0.15, 0.2) is 59.1 Å². The maximum Gasteiger partial charge on any atom is 0.270 e. The van der Waals surface area contributed by atoms with Crippen LogP contribution in [0.4, 0.5) is 11.5 Å². The van der Waals surface area contributed by atoms with E-state index in [4.69, 9.17) is 15.0 Å². The van der Waals surface area contributed by atoms with Crippen LogP contribution in [0.5, 0.6) is 5.88 Å². The van der Waals surface area contributed by atoms with Crippen LogP contribution in [0.1, 0.15) is 0 Å². The molecule has 2 aromatic carbocycles. The SMILES string of the molecule is COc1nc(-c2ccccc2)nc(N)c1-c1nc(-c2cccc([N+](=O)[O-])c2)no1. The van der Waals surface area contributed by atoms with Gasteiger partial charge in [0.1, 0.15) is 11.4 Å². The minimum atomic E-state index is -0.498. The van der Waals surface area contributed by atoms with Crippen LogP contribution in [0.2, 0.25) is 0 Å². The zero-order valence-corrected chi connectivity index (χ0v) is 15.1. The Labute approximate surface area is 164 Å². The van der Waals surface area contributed by atoms with Crippen molar-refractivity contribution in [3.05, 3.63) is 64.7 Å². The smallest absolute Gasteiger partial charge is 0.270 e. The van der Waals surface area contributed by atoms with Crippen LogP contribution in [0.3, 0.4) is 0 Å². The van der Waals surface area contributed by atoms with Crippen molar-refractivity contribution in [1.82, 2.24) is 20.1 Å². The van der Waals surface area contributed by atoms with E-state index in [1.165, 1.54) is 25.3 Å². The fourth-order valence-electron chi connectivity index (χ4n) is 2.72. The average Bonchev–Trinajstić information content (AvgIpc) is 3.23. The van der Waals surface area contributed by atoms with Crippen molar-refractivity contribution in [3.8, 4) is 40.1 Å². The molecule has 0 radical (unpaired) electrons. The van der Waals surface area contributed by atoms with Gasteiger partial charge in [0.05, 0.1) is 12.0 Å². The molecule has 0 amide bonds. The standard InChI is InChI=1S/C19H14N6O4/c1-28-18-14(15(20)21-16(22-18)11-6-3-2-4-7-11)19-23-17(24-29-19)12-8-5-9-13(10-12)25(26)27/h2-10H,1H3,(H2,20,21,22). The first kappa shape index (κ1) is 18.0. The van der Waals surface area contributed by atoms with Gasteiger partial charge in [0.15, 0.2) is 5.82 Å². The van der Waals surface area contributed by atoms with Gasteiger partial charge in [0.25, 0.3) is 11.6 Å². The van der Waals surface area contributed by atoms with Crippen molar-refractivity contribution in [2.24, 2.45) is 0 Å². The summed E-state index contributed by atoms with van der Waals surface area (Å²) >= 11 is 0. The number of non-ortho nitro benzene ring substituents is 1.